The predicted octanol–water partition coefficient (Wildman–Crippen LogP) is 4.74. The van der Waals surface area contributed by atoms with Crippen LogP contribution in [0.5, 0.6) is 0 Å². The number of nitrogens with zero attached hydrogens (tertiary/aromatic N) is 3. The molecule has 2 heterocycles. The lowest BCUT2D eigenvalue weighted by molar-refractivity contribution is 0.361. The van der Waals surface area contributed by atoms with Gasteiger partial charge >= 0.3 is 0 Å². The van der Waals surface area contributed by atoms with Crippen molar-refractivity contribution in [3.8, 4) is 11.4 Å². The van der Waals surface area contributed by atoms with E-state index in [1.54, 1.807) is 18.3 Å². The van der Waals surface area contributed by atoms with E-state index in [-0.39, 0.29) is 5.82 Å². The molecule has 0 bridgehead atoms. The van der Waals surface area contributed by atoms with Crippen molar-refractivity contribution in [3.05, 3.63) is 48.4 Å². The summed E-state index contributed by atoms with van der Waals surface area (Å²) >= 11 is 0. The number of fused-ring (bicyclic) bond motifs is 1. The number of hydrogen-bond acceptors (Lipinski definition) is 2. The predicted molar refractivity (Wildman–Crippen MR) is 85.0 cm³/mol. The van der Waals surface area contributed by atoms with E-state index < -0.39 is 0 Å². The summed E-state index contributed by atoms with van der Waals surface area (Å²) in [5, 5.41) is 0. The van der Waals surface area contributed by atoms with Gasteiger partial charge in [0.25, 0.3) is 0 Å². The lowest BCUT2D eigenvalue weighted by Crippen LogP contribution is -2.14. The van der Waals surface area contributed by atoms with Crippen LogP contribution in [0.15, 0.2) is 42.6 Å². The number of pyridine rings is 1. The first-order chi connectivity index (χ1) is 10.8. The largest absolute Gasteiger partial charge is 0.306 e. The van der Waals surface area contributed by atoms with Crippen molar-refractivity contribution in [2.24, 2.45) is 0 Å². The number of hydrogen-bond donors (Lipinski definition) is 0. The van der Waals surface area contributed by atoms with Gasteiger partial charge < -0.3 is 4.57 Å². The number of rotatable bonds is 2. The Bertz CT molecular complexity index is 803. The van der Waals surface area contributed by atoms with E-state index in [0.29, 0.717) is 6.04 Å². The fourth-order valence-corrected chi connectivity index (χ4v) is 3.45. The molecule has 2 aromatic heterocycles. The quantitative estimate of drug-likeness (QED) is 0.683. The minimum Gasteiger partial charge on any atom is -0.306 e. The highest BCUT2D eigenvalue weighted by molar-refractivity contribution is 5.77. The molecule has 22 heavy (non-hydrogen) atoms. The molecule has 0 N–H and O–H groups in total. The summed E-state index contributed by atoms with van der Waals surface area (Å²) in [5.41, 5.74) is 2.62. The molecule has 4 rings (SSSR count). The van der Waals surface area contributed by atoms with Gasteiger partial charge in [0, 0.05) is 17.8 Å². The minimum atomic E-state index is -0.229. The third-order valence-corrected chi connectivity index (χ3v) is 4.47. The van der Waals surface area contributed by atoms with E-state index in [0.717, 1.165) is 35.4 Å². The highest BCUT2D eigenvalue weighted by Crippen LogP contribution is 2.35. The topological polar surface area (TPSA) is 30.7 Å². The molecule has 0 saturated heterocycles. The fourth-order valence-electron chi connectivity index (χ4n) is 3.45. The van der Waals surface area contributed by atoms with Crippen molar-refractivity contribution < 1.29 is 4.39 Å². The molecule has 4 heteroatoms. The summed E-state index contributed by atoms with van der Waals surface area (Å²) in [6, 6.07) is 11.0. The first-order valence-corrected chi connectivity index (χ1v) is 7.92. The van der Waals surface area contributed by atoms with Crippen LogP contribution in [0.3, 0.4) is 0 Å². The van der Waals surface area contributed by atoms with Crippen molar-refractivity contribution in [1.82, 2.24) is 14.5 Å². The van der Waals surface area contributed by atoms with Gasteiger partial charge in [-0.25, -0.2) is 14.4 Å². The van der Waals surface area contributed by atoms with E-state index in [9.17, 15) is 4.39 Å². The van der Waals surface area contributed by atoms with Gasteiger partial charge in [-0.1, -0.05) is 31.4 Å². The van der Waals surface area contributed by atoms with Crippen LogP contribution in [-0.4, -0.2) is 14.5 Å². The van der Waals surface area contributed by atoms with Gasteiger partial charge in [-0.15, -0.1) is 0 Å². The summed E-state index contributed by atoms with van der Waals surface area (Å²) in [6.45, 7) is 0. The molecule has 1 fully saturated rings. The van der Waals surface area contributed by atoms with E-state index in [2.05, 4.69) is 9.55 Å². The zero-order chi connectivity index (χ0) is 14.9. The summed E-state index contributed by atoms with van der Waals surface area (Å²) in [4.78, 5) is 9.26. The third kappa shape index (κ3) is 2.28. The molecule has 3 nitrogen and oxygen atoms in total. The molecule has 0 aliphatic heterocycles. The van der Waals surface area contributed by atoms with Crippen LogP contribution in [0, 0.1) is 5.82 Å². The van der Waals surface area contributed by atoms with Crippen LogP contribution in [-0.2, 0) is 0 Å². The van der Waals surface area contributed by atoms with Gasteiger partial charge in [0.05, 0.1) is 0 Å². The van der Waals surface area contributed by atoms with Crippen LogP contribution in [0.4, 0.5) is 4.39 Å². The molecule has 0 amide bonds. The molecule has 0 unspecified atom stereocenters. The molecule has 1 saturated carbocycles. The monoisotopic (exact) mass is 295 g/mol. The number of imidazole rings is 1. The Hall–Kier alpha value is -2.23. The average Bonchev–Trinajstić information content (AvgIpc) is 2.95. The Morgan fingerprint density at radius 2 is 1.91 bits per heavy atom. The van der Waals surface area contributed by atoms with Crippen molar-refractivity contribution in [1.29, 1.82) is 0 Å². The second-order valence-electron chi connectivity index (χ2n) is 5.95. The Balaban J connectivity index is 1.93. The Morgan fingerprint density at radius 3 is 2.73 bits per heavy atom. The van der Waals surface area contributed by atoms with Gasteiger partial charge in [0.2, 0.25) is 0 Å². The SMILES string of the molecule is Fc1cccc(-c2nc3cccnc3n2C2CCCCC2)c1. The lowest BCUT2D eigenvalue weighted by Gasteiger charge is -2.25. The third-order valence-electron chi connectivity index (χ3n) is 4.47. The molecule has 0 radical (unpaired) electrons. The Kier molecular flexibility index (Phi) is 3.37. The summed E-state index contributed by atoms with van der Waals surface area (Å²) < 4.78 is 15.9. The average molecular weight is 295 g/mol. The molecular formula is C18H18FN3. The first kappa shape index (κ1) is 13.4. The maximum atomic E-state index is 13.6. The molecule has 3 aromatic rings. The van der Waals surface area contributed by atoms with Crippen LogP contribution in [0.2, 0.25) is 0 Å². The standard InChI is InChI=1S/C18H18FN3/c19-14-7-4-6-13(12-14)17-21-16-10-5-11-20-18(16)22(17)15-8-2-1-3-9-15/h4-7,10-12,15H,1-3,8-9H2. The van der Waals surface area contributed by atoms with Crippen LogP contribution < -0.4 is 0 Å². The summed E-state index contributed by atoms with van der Waals surface area (Å²) in [7, 11) is 0. The molecule has 0 spiro atoms. The van der Waals surface area contributed by atoms with Crippen molar-refractivity contribution in [3.63, 3.8) is 0 Å². The van der Waals surface area contributed by atoms with Crippen LogP contribution in [0.1, 0.15) is 38.1 Å². The Labute approximate surface area is 128 Å². The molecule has 1 aliphatic carbocycles. The second-order valence-corrected chi connectivity index (χ2v) is 5.95. The van der Waals surface area contributed by atoms with Crippen molar-refractivity contribution in [2.45, 2.75) is 38.1 Å². The highest BCUT2D eigenvalue weighted by Gasteiger charge is 2.22. The van der Waals surface area contributed by atoms with Gasteiger partial charge in [-0.05, 0) is 37.1 Å². The van der Waals surface area contributed by atoms with Crippen molar-refractivity contribution >= 4 is 11.2 Å². The number of halogens is 1. The van der Waals surface area contributed by atoms with Gasteiger partial charge in [-0.2, -0.15) is 0 Å². The zero-order valence-electron chi connectivity index (χ0n) is 12.4. The van der Waals surface area contributed by atoms with Gasteiger partial charge in [-0.3, -0.25) is 0 Å². The lowest BCUT2D eigenvalue weighted by atomic mass is 9.95. The minimum absolute atomic E-state index is 0.229. The van der Waals surface area contributed by atoms with Crippen LogP contribution in [0.25, 0.3) is 22.6 Å². The smallest absolute Gasteiger partial charge is 0.160 e. The Morgan fingerprint density at radius 1 is 1.05 bits per heavy atom. The maximum Gasteiger partial charge on any atom is 0.160 e. The van der Waals surface area contributed by atoms with E-state index in [1.165, 1.54) is 25.3 Å². The number of benzene rings is 1. The molecule has 0 atom stereocenters. The normalized spacial score (nSPS) is 16.2. The van der Waals surface area contributed by atoms with Gasteiger partial charge in [0.15, 0.2) is 5.65 Å². The van der Waals surface area contributed by atoms with Crippen molar-refractivity contribution in [2.75, 3.05) is 0 Å². The van der Waals surface area contributed by atoms with E-state index in [1.807, 2.05) is 18.2 Å². The zero-order valence-corrected chi connectivity index (χ0v) is 12.4. The van der Waals surface area contributed by atoms with E-state index in [4.69, 9.17) is 4.98 Å². The maximum absolute atomic E-state index is 13.6. The highest BCUT2D eigenvalue weighted by atomic mass is 19.1. The van der Waals surface area contributed by atoms with E-state index >= 15 is 0 Å². The fraction of sp³-hybridized carbons (Fsp3) is 0.333. The molecule has 1 aromatic carbocycles. The first-order valence-electron chi connectivity index (χ1n) is 7.92. The molecular weight excluding hydrogens is 277 g/mol. The molecule has 1 aliphatic rings. The molecule has 112 valence electrons. The van der Waals surface area contributed by atoms with Crippen LogP contribution >= 0.6 is 0 Å². The summed E-state index contributed by atoms with van der Waals surface area (Å²) in [6.07, 6.45) is 7.86. The number of aromatic nitrogens is 3. The van der Waals surface area contributed by atoms with Gasteiger partial charge in [0.1, 0.15) is 17.2 Å². The summed E-state index contributed by atoms with van der Waals surface area (Å²) in [5.74, 6) is 0.604. The second kappa shape index (κ2) is 5.52.